The molecule has 1 aromatic carbocycles. The maximum atomic E-state index is 14.4. The number of likely N-dealkylation sites (tertiary alicyclic amines) is 1. The Hall–Kier alpha value is -2.38. The lowest BCUT2D eigenvalue weighted by Gasteiger charge is -2.51. The first-order valence-electron chi connectivity index (χ1n) is 9.85. The lowest BCUT2D eigenvalue weighted by molar-refractivity contribution is -0.121. The van der Waals surface area contributed by atoms with Gasteiger partial charge >= 0.3 is 0 Å². The van der Waals surface area contributed by atoms with Gasteiger partial charge in [0.05, 0.1) is 11.6 Å². The Bertz CT molecular complexity index is 879. The summed E-state index contributed by atoms with van der Waals surface area (Å²) in [5.41, 5.74) is 7.33. The Morgan fingerprint density at radius 2 is 2.14 bits per heavy atom. The second kappa shape index (κ2) is 7.80. The van der Waals surface area contributed by atoms with Crippen LogP contribution in [0.15, 0.2) is 29.3 Å². The van der Waals surface area contributed by atoms with E-state index >= 15 is 0 Å². The SMILES string of the molecule is Cc1ccc(C2=CC(C(=O)NC3(CC=O)CN(CC(C)(C)N)C3)=NC2C)c(F)c1. The van der Waals surface area contributed by atoms with Crippen molar-refractivity contribution in [3.8, 4) is 0 Å². The second-order valence-corrected chi connectivity index (χ2v) is 9.01. The molecular formula is C22H29FN4O2. The zero-order valence-electron chi connectivity index (χ0n) is 17.5. The molecule has 1 fully saturated rings. The van der Waals surface area contributed by atoms with Gasteiger partial charge in [-0.25, -0.2) is 4.39 Å². The normalized spacial score (nSPS) is 21.2. The van der Waals surface area contributed by atoms with E-state index < -0.39 is 5.54 Å². The maximum absolute atomic E-state index is 14.4. The molecule has 0 spiro atoms. The van der Waals surface area contributed by atoms with E-state index in [0.717, 1.165) is 11.8 Å². The lowest BCUT2D eigenvalue weighted by atomic mass is 9.85. The quantitative estimate of drug-likeness (QED) is 0.684. The molecule has 1 aromatic rings. The molecule has 2 heterocycles. The van der Waals surface area contributed by atoms with Gasteiger partial charge in [-0.15, -0.1) is 0 Å². The summed E-state index contributed by atoms with van der Waals surface area (Å²) in [7, 11) is 0. The average molecular weight is 400 g/mol. The molecule has 29 heavy (non-hydrogen) atoms. The van der Waals surface area contributed by atoms with Gasteiger partial charge in [-0.1, -0.05) is 12.1 Å². The van der Waals surface area contributed by atoms with Gasteiger partial charge in [0.1, 0.15) is 17.8 Å². The van der Waals surface area contributed by atoms with Crippen molar-refractivity contribution in [2.45, 2.75) is 51.2 Å². The van der Waals surface area contributed by atoms with E-state index in [2.05, 4.69) is 15.2 Å². The molecule has 1 saturated heterocycles. The summed E-state index contributed by atoms with van der Waals surface area (Å²) in [5, 5.41) is 2.98. The number of nitrogens with zero attached hydrogens (tertiary/aromatic N) is 2. The highest BCUT2D eigenvalue weighted by Gasteiger charge is 2.45. The average Bonchev–Trinajstić information content (AvgIpc) is 2.94. The number of carbonyl (C=O) groups is 2. The van der Waals surface area contributed by atoms with Crippen LogP contribution < -0.4 is 11.1 Å². The number of carbonyl (C=O) groups excluding carboxylic acids is 2. The fraction of sp³-hybridized carbons (Fsp3) is 0.500. The van der Waals surface area contributed by atoms with Crippen LogP contribution in [-0.2, 0) is 9.59 Å². The minimum absolute atomic E-state index is 0.228. The summed E-state index contributed by atoms with van der Waals surface area (Å²) >= 11 is 0. The minimum Gasteiger partial charge on any atom is -0.342 e. The molecule has 7 heteroatoms. The molecule has 6 nitrogen and oxygen atoms in total. The van der Waals surface area contributed by atoms with Crippen molar-refractivity contribution >= 4 is 23.5 Å². The van der Waals surface area contributed by atoms with E-state index in [4.69, 9.17) is 5.73 Å². The van der Waals surface area contributed by atoms with Gasteiger partial charge in [-0.3, -0.25) is 14.7 Å². The zero-order valence-corrected chi connectivity index (χ0v) is 17.5. The van der Waals surface area contributed by atoms with E-state index in [1.165, 1.54) is 6.07 Å². The van der Waals surface area contributed by atoms with Crippen molar-refractivity contribution in [1.82, 2.24) is 10.2 Å². The van der Waals surface area contributed by atoms with E-state index in [-0.39, 0.29) is 35.4 Å². The van der Waals surface area contributed by atoms with Gasteiger partial charge in [-0.05, 0) is 51.0 Å². The molecule has 3 rings (SSSR count). The third-order valence-electron chi connectivity index (χ3n) is 5.28. The first kappa shape index (κ1) is 21.3. The highest BCUT2D eigenvalue weighted by atomic mass is 19.1. The highest BCUT2D eigenvalue weighted by Crippen LogP contribution is 2.29. The summed E-state index contributed by atoms with van der Waals surface area (Å²) in [5.74, 6) is -0.663. The molecule has 0 aromatic heterocycles. The first-order chi connectivity index (χ1) is 13.5. The molecule has 3 N–H and O–H groups in total. The van der Waals surface area contributed by atoms with Crippen LogP contribution in [0, 0.1) is 12.7 Å². The number of amides is 1. The van der Waals surface area contributed by atoms with Crippen molar-refractivity contribution in [2.75, 3.05) is 19.6 Å². The fourth-order valence-electron chi connectivity index (χ4n) is 4.09. The van der Waals surface area contributed by atoms with Gasteiger partial charge in [0, 0.05) is 37.2 Å². The third-order valence-corrected chi connectivity index (χ3v) is 5.28. The van der Waals surface area contributed by atoms with Gasteiger partial charge in [-0.2, -0.15) is 0 Å². The van der Waals surface area contributed by atoms with Crippen LogP contribution in [0.5, 0.6) is 0 Å². The largest absolute Gasteiger partial charge is 0.342 e. The maximum Gasteiger partial charge on any atom is 0.269 e. The topological polar surface area (TPSA) is 87.8 Å². The zero-order chi connectivity index (χ0) is 21.4. The summed E-state index contributed by atoms with van der Waals surface area (Å²) in [6.45, 7) is 9.34. The molecule has 0 radical (unpaired) electrons. The number of halogens is 1. The number of rotatable bonds is 7. The Kier molecular flexibility index (Phi) is 5.74. The van der Waals surface area contributed by atoms with Crippen molar-refractivity contribution in [2.24, 2.45) is 10.7 Å². The molecular weight excluding hydrogens is 371 g/mol. The Morgan fingerprint density at radius 1 is 1.45 bits per heavy atom. The lowest BCUT2D eigenvalue weighted by Crippen LogP contribution is -2.72. The van der Waals surface area contributed by atoms with E-state index in [1.807, 2.05) is 33.8 Å². The molecule has 0 aliphatic carbocycles. The number of nitrogens with one attached hydrogen (secondary N) is 1. The van der Waals surface area contributed by atoms with Crippen LogP contribution in [0.2, 0.25) is 0 Å². The highest BCUT2D eigenvalue weighted by molar-refractivity contribution is 6.45. The smallest absolute Gasteiger partial charge is 0.269 e. The van der Waals surface area contributed by atoms with Crippen LogP contribution in [0.1, 0.15) is 38.3 Å². The van der Waals surface area contributed by atoms with Gasteiger partial charge in [0.25, 0.3) is 5.91 Å². The number of hydrogen-bond acceptors (Lipinski definition) is 5. The van der Waals surface area contributed by atoms with E-state index in [1.54, 1.807) is 12.1 Å². The van der Waals surface area contributed by atoms with Crippen LogP contribution in [0.3, 0.4) is 0 Å². The summed E-state index contributed by atoms with van der Waals surface area (Å²) < 4.78 is 14.4. The van der Waals surface area contributed by atoms with Gasteiger partial charge in [0.15, 0.2) is 0 Å². The Balaban J connectivity index is 1.72. The van der Waals surface area contributed by atoms with Crippen molar-refractivity contribution < 1.29 is 14.0 Å². The van der Waals surface area contributed by atoms with Crippen LogP contribution in [0.4, 0.5) is 4.39 Å². The van der Waals surface area contributed by atoms with Crippen LogP contribution >= 0.6 is 0 Å². The molecule has 0 saturated carbocycles. The fourth-order valence-corrected chi connectivity index (χ4v) is 4.09. The predicted octanol–water partition coefficient (Wildman–Crippen LogP) is 1.86. The molecule has 2 aliphatic heterocycles. The predicted molar refractivity (Wildman–Crippen MR) is 112 cm³/mol. The number of hydrogen-bond donors (Lipinski definition) is 2. The third kappa shape index (κ3) is 4.79. The molecule has 0 bridgehead atoms. The first-order valence-corrected chi connectivity index (χ1v) is 9.85. The number of aryl methyl sites for hydroxylation is 1. The van der Waals surface area contributed by atoms with Crippen molar-refractivity contribution in [3.05, 3.63) is 41.2 Å². The summed E-state index contributed by atoms with van der Waals surface area (Å²) in [6.07, 6.45) is 2.70. The van der Waals surface area contributed by atoms with Gasteiger partial charge < -0.3 is 15.8 Å². The van der Waals surface area contributed by atoms with Crippen molar-refractivity contribution in [3.63, 3.8) is 0 Å². The monoisotopic (exact) mass is 400 g/mol. The van der Waals surface area contributed by atoms with Crippen LogP contribution in [0.25, 0.3) is 5.57 Å². The molecule has 1 unspecified atom stereocenters. The number of benzene rings is 1. The Labute approximate surface area is 171 Å². The number of aldehydes is 1. The second-order valence-electron chi connectivity index (χ2n) is 9.01. The standard InChI is InChI=1S/C22H29FN4O2/c1-14-5-6-16(18(23)9-14)17-10-19(25-15(17)2)20(29)26-22(7-8-28)12-27(13-22)11-21(3,4)24/h5-6,8-10,15H,7,11-13,24H2,1-4H3,(H,26,29). The molecule has 1 amide bonds. The molecule has 1 atom stereocenters. The summed E-state index contributed by atoms with van der Waals surface area (Å²) in [6, 6.07) is 4.72. The summed E-state index contributed by atoms with van der Waals surface area (Å²) in [4.78, 5) is 30.6. The number of aliphatic imine (C=N–C) groups is 1. The molecule has 2 aliphatic rings. The number of nitrogens with two attached hydrogens (primary N) is 1. The van der Waals surface area contributed by atoms with Crippen LogP contribution in [-0.4, -0.2) is 59.6 Å². The van der Waals surface area contributed by atoms with E-state index in [0.29, 0.717) is 30.8 Å². The van der Waals surface area contributed by atoms with Gasteiger partial charge in [0.2, 0.25) is 0 Å². The Morgan fingerprint density at radius 3 is 2.72 bits per heavy atom. The molecule has 156 valence electrons. The van der Waals surface area contributed by atoms with E-state index in [9.17, 15) is 14.0 Å². The minimum atomic E-state index is -0.610. The van der Waals surface area contributed by atoms with Crippen molar-refractivity contribution in [1.29, 1.82) is 0 Å².